The highest BCUT2D eigenvalue weighted by Crippen LogP contribution is 2.25. The number of thioether (sulfide) groups is 1. The maximum absolute atomic E-state index is 12.0. The van der Waals surface area contributed by atoms with Crippen LogP contribution in [0.25, 0.3) is 11.5 Å². The van der Waals surface area contributed by atoms with Crippen molar-refractivity contribution in [3.63, 3.8) is 0 Å². The minimum atomic E-state index is -0.262. The molecule has 1 amide bonds. The van der Waals surface area contributed by atoms with Crippen LogP contribution in [0.15, 0.2) is 52.1 Å². The zero-order chi connectivity index (χ0) is 18.5. The number of hydrogen-bond acceptors (Lipinski definition) is 6. The van der Waals surface area contributed by atoms with E-state index in [1.165, 1.54) is 6.07 Å². The number of amides is 1. The van der Waals surface area contributed by atoms with Crippen LogP contribution in [0.4, 0.5) is 5.69 Å². The number of rotatable bonds is 5. The summed E-state index contributed by atoms with van der Waals surface area (Å²) in [6, 6.07) is 13.6. The van der Waals surface area contributed by atoms with E-state index < -0.39 is 0 Å². The first kappa shape index (κ1) is 18.3. The maximum Gasteiger partial charge on any atom is 0.277 e. The molecule has 0 unspecified atom stereocenters. The van der Waals surface area contributed by atoms with Crippen molar-refractivity contribution in [2.45, 2.75) is 5.22 Å². The van der Waals surface area contributed by atoms with Crippen molar-refractivity contribution in [1.82, 2.24) is 10.2 Å². The van der Waals surface area contributed by atoms with Crippen molar-refractivity contribution in [2.75, 3.05) is 11.1 Å². The Morgan fingerprint density at radius 2 is 1.96 bits per heavy atom. The molecule has 0 fully saturated rings. The predicted octanol–water partition coefficient (Wildman–Crippen LogP) is 4.65. The summed E-state index contributed by atoms with van der Waals surface area (Å²) < 4.78 is 5.52. The van der Waals surface area contributed by atoms with Crippen LogP contribution >= 0.6 is 35.0 Å². The van der Waals surface area contributed by atoms with Gasteiger partial charge in [0.15, 0.2) is 0 Å². The number of anilines is 1. The molecule has 9 heteroatoms. The van der Waals surface area contributed by atoms with Crippen LogP contribution in [0.5, 0.6) is 0 Å². The van der Waals surface area contributed by atoms with Crippen molar-refractivity contribution < 1.29 is 9.21 Å². The minimum Gasteiger partial charge on any atom is -0.411 e. The van der Waals surface area contributed by atoms with Crippen LogP contribution in [-0.4, -0.2) is 21.9 Å². The Balaban J connectivity index is 1.57. The number of nitrogens with zero attached hydrogens (tertiary/aromatic N) is 3. The first-order valence-corrected chi connectivity index (χ1v) is 9.01. The van der Waals surface area contributed by atoms with Gasteiger partial charge in [0.25, 0.3) is 5.22 Å². The monoisotopic (exact) mass is 404 g/mol. The lowest BCUT2D eigenvalue weighted by atomic mass is 10.2. The van der Waals surface area contributed by atoms with Gasteiger partial charge in [0.1, 0.15) is 6.07 Å². The highest BCUT2D eigenvalue weighted by molar-refractivity contribution is 7.99. The molecule has 0 aliphatic carbocycles. The summed E-state index contributed by atoms with van der Waals surface area (Å²) in [5.74, 6) is 0.172. The molecule has 0 aliphatic heterocycles. The number of carbonyl (C=O) groups is 1. The van der Waals surface area contributed by atoms with E-state index in [0.29, 0.717) is 22.2 Å². The van der Waals surface area contributed by atoms with E-state index in [1.54, 1.807) is 36.4 Å². The number of nitriles is 1. The predicted molar refractivity (Wildman–Crippen MR) is 100 cm³/mol. The highest BCUT2D eigenvalue weighted by atomic mass is 35.5. The summed E-state index contributed by atoms with van der Waals surface area (Å²) in [7, 11) is 0. The average Bonchev–Trinajstić information content (AvgIpc) is 3.10. The third kappa shape index (κ3) is 4.55. The lowest BCUT2D eigenvalue weighted by molar-refractivity contribution is -0.113. The first-order chi connectivity index (χ1) is 12.5. The van der Waals surface area contributed by atoms with Crippen LogP contribution < -0.4 is 5.32 Å². The van der Waals surface area contributed by atoms with Gasteiger partial charge in [-0.1, -0.05) is 35.0 Å². The minimum absolute atomic E-state index is 0.0832. The SMILES string of the molecule is N#Cc1ccc(NC(=O)CSc2nnc(-c3ccc(Cl)cc3)o2)cc1Cl. The van der Waals surface area contributed by atoms with Gasteiger partial charge in [0.05, 0.1) is 16.3 Å². The Morgan fingerprint density at radius 3 is 2.65 bits per heavy atom. The maximum atomic E-state index is 12.0. The second kappa shape index (κ2) is 8.23. The lowest BCUT2D eigenvalue weighted by Gasteiger charge is -2.05. The highest BCUT2D eigenvalue weighted by Gasteiger charge is 2.12. The van der Waals surface area contributed by atoms with E-state index in [9.17, 15) is 4.79 Å². The molecule has 1 N–H and O–H groups in total. The number of carbonyl (C=O) groups excluding carboxylic acids is 1. The fourth-order valence-corrected chi connectivity index (χ4v) is 2.90. The van der Waals surface area contributed by atoms with Crippen molar-refractivity contribution in [3.05, 3.63) is 58.1 Å². The summed E-state index contributed by atoms with van der Waals surface area (Å²) in [6.45, 7) is 0. The van der Waals surface area contributed by atoms with E-state index >= 15 is 0 Å². The van der Waals surface area contributed by atoms with Gasteiger partial charge in [0, 0.05) is 16.3 Å². The summed E-state index contributed by atoms with van der Waals surface area (Å²) in [5.41, 5.74) is 1.59. The zero-order valence-electron chi connectivity index (χ0n) is 13.1. The Morgan fingerprint density at radius 1 is 1.19 bits per heavy atom. The van der Waals surface area contributed by atoms with Gasteiger partial charge in [-0.2, -0.15) is 5.26 Å². The molecule has 130 valence electrons. The molecule has 0 spiro atoms. The van der Waals surface area contributed by atoms with Crippen LogP contribution in [0.2, 0.25) is 10.0 Å². The van der Waals surface area contributed by atoms with Gasteiger partial charge >= 0.3 is 0 Å². The molecule has 0 bridgehead atoms. The number of hydrogen-bond donors (Lipinski definition) is 1. The van der Waals surface area contributed by atoms with Crippen molar-refractivity contribution in [2.24, 2.45) is 0 Å². The van der Waals surface area contributed by atoms with Crippen molar-refractivity contribution in [1.29, 1.82) is 5.26 Å². The number of nitrogens with one attached hydrogen (secondary N) is 1. The van der Waals surface area contributed by atoms with Crippen LogP contribution in [0, 0.1) is 11.3 Å². The van der Waals surface area contributed by atoms with Crippen LogP contribution in [-0.2, 0) is 4.79 Å². The Kier molecular flexibility index (Phi) is 5.78. The van der Waals surface area contributed by atoms with Gasteiger partial charge in [-0.05, 0) is 42.5 Å². The van der Waals surface area contributed by atoms with Gasteiger partial charge < -0.3 is 9.73 Å². The number of aromatic nitrogens is 2. The average molecular weight is 405 g/mol. The Labute approximate surface area is 163 Å². The molecule has 1 aromatic heterocycles. The normalized spacial score (nSPS) is 10.3. The first-order valence-electron chi connectivity index (χ1n) is 7.27. The second-order valence-electron chi connectivity index (χ2n) is 5.02. The molecule has 2 aromatic carbocycles. The largest absolute Gasteiger partial charge is 0.411 e. The third-order valence-electron chi connectivity index (χ3n) is 3.20. The fourth-order valence-electron chi connectivity index (χ4n) is 1.99. The molecular weight excluding hydrogens is 395 g/mol. The van der Waals surface area contributed by atoms with Crippen LogP contribution in [0.3, 0.4) is 0 Å². The number of halogens is 2. The summed E-state index contributed by atoms with van der Waals surface area (Å²) in [5, 5.41) is 20.6. The standard InChI is InChI=1S/C17H10Cl2N4O2S/c18-12-4-1-10(2-5-12)16-22-23-17(25-16)26-9-15(24)21-13-6-3-11(8-20)14(19)7-13/h1-7H,9H2,(H,21,24). The lowest BCUT2D eigenvalue weighted by Crippen LogP contribution is -2.14. The van der Waals surface area contributed by atoms with E-state index in [4.69, 9.17) is 32.9 Å². The smallest absolute Gasteiger partial charge is 0.277 e. The topological polar surface area (TPSA) is 91.8 Å². The molecule has 3 aromatic rings. The molecule has 26 heavy (non-hydrogen) atoms. The molecule has 6 nitrogen and oxygen atoms in total. The van der Waals surface area contributed by atoms with Crippen molar-refractivity contribution >= 4 is 46.6 Å². The third-order valence-corrected chi connectivity index (χ3v) is 4.58. The van der Waals surface area contributed by atoms with Gasteiger partial charge in [-0.15, -0.1) is 10.2 Å². The van der Waals surface area contributed by atoms with Gasteiger partial charge in [-0.3, -0.25) is 4.79 Å². The molecule has 3 rings (SSSR count). The molecular formula is C17H10Cl2N4O2S. The van der Waals surface area contributed by atoms with E-state index in [2.05, 4.69) is 15.5 Å². The molecule has 0 saturated carbocycles. The number of benzene rings is 2. The van der Waals surface area contributed by atoms with Gasteiger partial charge in [0.2, 0.25) is 11.8 Å². The Bertz CT molecular complexity index is 983. The summed E-state index contributed by atoms with van der Waals surface area (Å²) in [6.07, 6.45) is 0. The van der Waals surface area contributed by atoms with E-state index in [0.717, 1.165) is 17.3 Å². The second-order valence-corrected chi connectivity index (χ2v) is 6.79. The molecule has 0 saturated heterocycles. The van der Waals surface area contributed by atoms with E-state index in [-0.39, 0.29) is 21.9 Å². The van der Waals surface area contributed by atoms with Crippen LogP contribution in [0.1, 0.15) is 5.56 Å². The Hall–Kier alpha value is -2.53. The van der Waals surface area contributed by atoms with E-state index in [1.807, 2.05) is 6.07 Å². The van der Waals surface area contributed by atoms with Crippen molar-refractivity contribution in [3.8, 4) is 17.5 Å². The molecule has 1 heterocycles. The summed E-state index contributed by atoms with van der Waals surface area (Å²) in [4.78, 5) is 12.0. The fraction of sp³-hybridized carbons (Fsp3) is 0.0588. The molecule has 0 radical (unpaired) electrons. The quantitative estimate of drug-likeness (QED) is 0.622. The molecule has 0 atom stereocenters. The molecule has 0 aliphatic rings. The summed E-state index contributed by atoms with van der Waals surface area (Å²) >= 11 is 12.9. The zero-order valence-corrected chi connectivity index (χ0v) is 15.4. The van der Waals surface area contributed by atoms with Gasteiger partial charge in [-0.25, -0.2) is 0 Å².